The van der Waals surface area contributed by atoms with E-state index in [4.69, 9.17) is 5.11 Å². The molecule has 1 spiro atoms. The molecular formula is C14H16FNO2. The molecule has 0 amide bonds. The fraction of sp³-hybridized carbons (Fsp3) is 0.500. The molecule has 2 fully saturated rings. The fourth-order valence-corrected chi connectivity index (χ4v) is 3.27. The molecule has 3 rings (SSSR count). The van der Waals surface area contributed by atoms with Gasteiger partial charge in [0.1, 0.15) is 5.82 Å². The lowest BCUT2D eigenvalue weighted by molar-refractivity contribution is 0.0696. The van der Waals surface area contributed by atoms with Crippen molar-refractivity contribution >= 4 is 11.7 Å². The van der Waals surface area contributed by atoms with Crippen molar-refractivity contribution in [1.29, 1.82) is 0 Å². The number of anilines is 1. The minimum Gasteiger partial charge on any atom is -0.478 e. The number of hydrogen-bond acceptors (Lipinski definition) is 2. The first-order valence-corrected chi connectivity index (χ1v) is 6.38. The highest BCUT2D eigenvalue weighted by Crippen LogP contribution is 2.47. The largest absolute Gasteiger partial charge is 0.478 e. The van der Waals surface area contributed by atoms with Crippen LogP contribution in [-0.2, 0) is 0 Å². The van der Waals surface area contributed by atoms with Crippen molar-refractivity contribution < 1.29 is 14.3 Å². The van der Waals surface area contributed by atoms with Gasteiger partial charge >= 0.3 is 5.97 Å². The van der Waals surface area contributed by atoms with E-state index in [2.05, 4.69) is 0 Å². The van der Waals surface area contributed by atoms with Crippen LogP contribution < -0.4 is 4.90 Å². The molecule has 0 unspecified atom stereocenters. The van der Waals surface area contributed by atoms with Crippen LogP contribution in [0.5, 0.6) is 0 Å². The zero-order valence-corrected chi connectivity index (χ0v) is 10.2. The third-order valence-electron chi connectivity index (χ3n) is 4.25. The van der Waals surface area contributed by atoms with E-state index in [0.29, 0.717) is 11.1 Å². The molecule has 0 atom stereocenters. The summed E-state index contributed by atoms with van der Waals surface area (Å²) in [4.78, 5) is 12.8. The Bertz CT molecular complexity index is 487. The standard InChI is InChI=1S/C14H16FNO2/c15-11-7-10(13(17)18)3-4-12(11)16-8-14(9-16)5-1-2-6-14/h3-4,7H,1-2,5-6,8-9H2,(H,17,18). The number of hydrogen-bond donors (Lipinski definition) is 1. The Balaban J connectivity index is 1.76. The van der Waals surface area contributed by atoms with Gasteiger partial charge in [0.25, 0.3) is 0 Å². The van der Waals surface area contributed by atoms with E-state index in [9.17, 15) is 9.18 Å². The zero-order chi connectivity index (χ0) is 12.8. The molecule has 0 radical (unpaired) electrons. The van der Waals surface area contributed by atoms with Gasteiger partial charge in [-0.3, -0.25) is 0 Å². The summed E-state index contributed by atoms with van der Waals surface area (Å²) in [5.74, 6) is -1.51. The van der Waals surface area contributed by atoms with Gasteiger partial charge in [-0.15, -0.1) is 0 Å². The molecule has 1 saturated heterocycles. The number of nitrogens with zero attached hydrogens (tertiary/aromatic N) is 1. The summed E-state index contributed by atoms with van der Waals surface area (Å²) in [7, 11) is 0. The highest BCUT2D eigenvalue weighted by Gasteiger charge is 2.45. The van der Waals surface area contributed by atoms with Gasteiger partial charge in [-0.25, -0.2) is 9.18 Å². The van der Waals surface area contributed by atoms with Crippen molar-refractivity contribution in [2.75, 3.05) is 18.0 Å². The quantitative estimate of drug-likeness (QED) is 0.876. The van der Waals surface area contributed by atoms with Gasteiger partial charge in [0, 0.05) is 18.5 Å². The molecule has 96 valence electrons. The van der Waals surface area contributed by atoms with Gasteiger partial charge in [0.2, 0.25) is 0 Å². The molecule has 0 aromatic heterocycles. The molecule has 1 N–H and O–H groups in total. The van der Waals surface area contributed by atoms with Crippen LogP contribution in [0.2, 0.25) is 0 Å². The maximum Gasteiger partial charge on any atom is 0.335 e. The smallest absolute Gasteiger partial charge is 0.335 e. The average Bonchev–Trinajstić information content (AvgIpc) is 2.76. The number of benzene rings is 1. The fourth-order valence-electron chi connectivity index (χ4n) is 3.27. The van der Waals surface area contributed by atoms with Crippen LogP contribution in [0.25, 0.3) is 0 Å². The molecule has 3 nitrogen and oxygen atoms in total. The van der Waals surface area contributed by atoms with Crippen molar-refractivity contribution in [1.82, 2.24) is 0 Å². The van der Waals surface area contributed by atoms with Crippen LogP contribution in [0.15, 0.2) is 18.2 Å². The monoisotopic (exact) mass is 249 g/mol. The Morgan fingerprint density at radius 3 is 2.50 bits per heavy atom. The van der Waals surface area contributed by atoms with Gasteiger partial charge < -0.3 is 10.0 Å². The Labute approximate surface area is 105 Å². The van der Waals surface area contributed by atoms with Crippen LogP contribution in [0, 0.1) is 11.2 Å². The summed E-state index contributed by atoms with van der Waals surface area (Å²) in [6.45, 7) is 1.83. The summed E-state index contributed by atoms with van der Waals surface area (Å²) in [6.07, 6.45) is 5.07. The number of halogens is 1. The average molecular weight is 249 g/mol. The van der Waals surface area contributed by atoms with Crippen LogP contribution in [0.4, 0.5) is 10.1 Å². The molecule has 1 aliphatic heterocycles. The van der Waals surface area contributed by atoms with E-state index >= 15 is 0 Å². The topological polar surface area (TPSA) is 40.5 Å². The van der Waals surface area contributed by atoms with Crippen molar-refractivity contribution in [3.05, 3.63) is 29.6 Å². The first kappa shape index (κ1) is 11.5. The first-order chi connectivity index (χ1) is 8.60. The van der Waals surface area contributed by atoms with Crippen molar-refractivity contribution in [2.24, 2.45) is 5.41 Å². The zero-order valence-electron chi connectivity index (χ0n) is 10.2. The van der Waals surface area contributed by atoms with Crippen molar-refractivity contribution in [2.45, 2.75) is 25.7 Å². The predicted octanol–water partition coefficient (Wildman–Crippen LogP) is 2.90. The summed E-state index contributed by atoms with van der Waals surface area (Å²) in [5, 5.41) is 8.80. The summed E-state index contributed by atoms with van der Waals surface area (Å²) in [6, 6.07) is 4.16. The van der Waals surface area contributed by atoms with E-state index in [0.717, 1.165) is 19.2 Å². The van der Waals surface area contributed by atoms with E-state index in [1.165, 1.54) is 31.7 Å². The van der Waals surface area contributed by atoms with Gasteiger partial charge in [-0.05, 0) is 31.0 Å². The lowest BCUT2D eigenvalue weighted by Gasteiger charge is -2.49. The SMILES string of the molecule is O=C(O)c1ccc(N2CC3(CCCC3)C2)c(F)c1. The number of rotatable bonds is 2. The number of carboxylic acid groups (broad SMARTS) is 1. The van der Waals surface area contributed by atoms with E-state index < -0.39 is 11.8 Å². The number of carbonyl (C=O) groups is 1. The van der Waals surface area contributed by atoms with Crippen molar-refractivity contribution in [3.63, 3.8) is 0 Å². The lowest BCUT2D eigenvalue weighted by Crippen LogP contribution is -2.55. The first-order valence-electron chi connectivity index (χ1n) is 6.38. The third kappa shape index (κ3) is 1.76. The summed E-state index contributed by atoms with van der Waals surface area (Å²) < 4.78 is 13.9. The Morgan fingerprint density at radius 2 is 1.94 bits per heavy atom. The second kappa shape index (κ2) is 3.97. The lowest BCUT2D eigenvalue weighted by atomic mass is 9.78. The molecule has 4 heteroatoms. The second-order valence-electron chi connectivity index (χ2n) is 5.53. The van der Waals surface area contributed by atoms with Crippen LogP contribution in [0.3, 0.4) is 0 Å². The Morgan fingerprint density at radius 1 is 1.28 bits per heavy atom. The highest BCUT2D eigenvalue weighted by atomic mass is 19.1. The predicted molar refractivity (Wildman–Crippen MR) is 66.5 cm³/mol. The molecule has 1 aromatic rings. The molecule has 1 aliphatic carbocycles. The highest BCUT2D eigenvalue weighted by molar-refractivity contribution is 5.88. The molecule has 0 bridgehead atoms. The number of carboxylic acids is 1. The van der Waals surface area contributed by atoms with E-state index in [1.54, 1.807) is 6.07 Å². The van der Waals surface area contributed by atoms with Crippen molar-refractivity contribution in [3.8, 4) is 0 Å². The minimum absolute atomic E-state index is 0.00681. The second-order valence-corrected chi connectivity index (χ2v) is 5.53. The summed E-state index contributed by atoms with van der Waals surface area (Å²) in [5.41, 5.74) is 0.961. The molecule has 1 aromatic carbocycles. The minimum atomic E-state index is -1.09. The maximum atomic E-state index is 13.9. The normalized spacial score (nSPS) is 21.1. The van der Waals surface area contributed by atoms with Gasteiger partial charge in [0.05, 0.1) is 11.3 Å². The van der Waals surface area contributed by atoms with Crippen LogP contribution in [0.1, 0.15) is 36.0 Å². The molecule has 1 saturated carbocycles. The Kier molecular flexibility index (Phi) is 2.54. The van der Waals surface area contributed by atoms with E-state index in [1.807, 2.05) is 4.90 Å². The summed E-state index contributed by atoms with van der Waals surface area (Å²) >= 11 is 0. The van der Waals surface area contributed by atoms with Gasteiger partial charge in [-0.2, -0.15) is 0 Å². The molecule has 18 heavy (non-hydrogen) atoms. The van der Waals surface area contributed by atoms with Gasteiger partial charge in [-0.1, -0.05) is 12.8 Å². The Hall–Kier alpha value is -1.58. The third-order valence-corrected chi connectivity index (χ3v) is 4.25. The van der Waals surface area contributed by atoms with Crippen LogP contribution >= 0.6 is 0 Å². The molecule has 1 heterocycles. The maximum absolute atomic E-state index is 13.9. The number of aromatic carboxylic acids is 1. The van der Waals surface area contributed by atoms with Gasteiger partial charge in [0.15, 0.2) is 0 Å². The molecular weight excluding hydrogens is 233 g/mol. The molecule has 2 aliphatic rings. The van der Waals surface area contributed by atoms with E-state index in [-0.39, 0.29) is 5.56 Å². The van der Waals surface area contributed by atoms with Crippen LogP contribution in [-0.4, -0.2) is 24.2 Å².